The van der Waals surface area contributed by atoms with Gasteiger partial charge < -0.3 is 19.9 Å². The number of benzene rings is 2. The lowest BCUT2D eigenvalue weighted by atomic mass is 9.87. The van der Waals surface area contributed by atoms with Crippen molar-refractivity contribution in [2.24, 2.45) is 0 Å². The molecule has 0 saturated carbocycles. The molecule has 5 rings (SSSR count). The van der Waals surface area contributed by atoms with Gasteiger partial charge in [0.2, 0.25) is 5.91 Å². The first-order chi connectivity index (χ1) is 16.3. The molecule has 2 atom stereocenters. The summed E-state index contributed by atoms with van der Waals surface area (Å²) in [6, 6.07) is 9.93. The Labute approximate surface area is 195 Å². The van der Waals surface area contributed by atoms with Crippen molar-refractivity contribution in [3.63, 3.8) is 0 Å². The molecule has 0 aliphatic carbocycles. The zero-order valence-electron chi connectivity index (χ0n) is 19.1. The van der Waals surface area contributed by atoms with Crippen molar-refractivity contribution in [2.45, 2.75) is 38.4 Å². The van der Waals surface area contributed by atoms with Crippen molar-refractivity contribution in [2.75, 3.05) is 13.7 Å². The lowest BCUT2D eigenvalue weighted by Gasteiger charge is -2.36. The summed E-state index contributed by atoms with van der Waals surface area (Å²) < 4.78 is 18.5. The molecule has 2 aromatic carbocycles. The predicted octanol–water partition coefficient (Wildman–Crippen LogP) is 3.06. The Morgan fingerprint density at radius 3 is 2.68 bits per heavy atom. The fraction of sp³-hybridized carbons (Fsp3) is 0.320. The third-order valence-corrected chi connectivity index (χ3v) is 6.94. The summed E-state index contributed by atoms with van der Waals surface area (Å²) in [4.78, 5) is 45.8. The predicted molar refractivity (Wildman–Crippen MR) is 123 cm³/mol. The maximum Gasteiger partial charge on any atom is 0.328 e. The number of hydrogen-bond acceptors (Lipinski definition) is 4. The fourth-order valence-corrected chi connectivity index (χ4v) is 4.97. The minimum atomic E-state index is -1.23. The first-order valence-electron chi connectivity index (χ1n) is 11.1. The first-order valence-corrected chi connectivity index (χ1v) is 11.1. The normalized spacial score (nSPS) is 20.4. The largest absolute Gasteiger partial charge is 0.497 e. The van der Waals surface area contributed by atoms with Crippen LogP contribution < -0.4 is 10.1 Å². The highest BCUT2D eigenvalue weighted by Gasteiger charge is 2.60. The highest BCUT2D eigenvalue weighted by atomic mass is 19.1. The summed E-state index contributed by atoms with van der Waals surface area (Å²) in [5.41, 5.74) is 1.98. The number of aromatic amines is 1. The van der Waals surface area contributed by atoms with E-state index >= 15 is 0 Å². The average Bonchev–Trinajstić information content (AvgIpc) is 3.31. The number of urea groups is 1. The van der Waals surface area contributed by atoms with Crippen molar-refractivity contribution < 1.29 is 23.5 Å². The second-order valence-corrected chi connectivity index (χ2v) is 8.84. The summed E-state index contributed by atoms with van der Waals surface area (Å²) >= 11 is 0. The smallest absolute Gasteiger partial charge is 0.328 e. The second-order valence-electron chi connectivity index (χ2n) is 8.84. The SMILES string of the molecule is COc1ccc2[nH]c3c(c2c1)CCN1C(=O)N([C@@H](C)C(=O)NCc2ccc(F)cc2)C(=O)[C@]31C. The lowest BCUT2D eigenvalue weighted by molar-refractivity contribution is -0.139. The Bertz CT molecular complexity index is 1320. The van der Waals surface area contributed by atoms with Crippen LogP contribution in [0.3, 0.4) is 0 Å². The van der Waals surface area contributed by atoms with Gasteiger partial charge in [-0.1, -0.05) is 12.1 Å². The van der Waals surface area contributed by atoms with E-state index in [0.29, 0.717) is 30.0 Å². The Morgan fingerprint density at radius 2 is 1.97 bits per heavy atom. The van der Waals surface area contributed by atoms with Crippen LogP contribution in [-0.4, -0.2) is 52.3 Å². The van der Waals surface area contributed by atoms with Crippen LogP contribution in [0, 0.1) is 5.82 Å². The van der Waals surface area contributed by atoms with Crippen molar-refractivity contribution in [3.8, 4) is 5.75 Å². The molecule has 9 heteroatoms. The van der Waals surface area contributed by atoms with Crippen molar-refractivity contribution in [3.05, 3.63) is 65.1 Å². The molecule has 3 heterocycles. The third-order valence-electron chi connectivity index (χ3n) is 6.94. The number of fused-ring (bicyclic) bond motifs is 5. The van der Waals surface area contributed by atoms with E-state index in [1.165, 1.54) is 24.0 Å². The summed E-state index contributed by atoms with van der Waals surface area (Å²) in [5, 5.41) is 3.69. The van der Waals surface area contributed by atoms with Crippen LogP contribution in [0.4, 0.5) is 9.18 Å². The highest BCUT2D eigenvalue weighted by molar-refractivity contribution is 6.11. The van der Waals surface area contributed by atoms with Crippen molar-refractivity contribution in [1.82, 2.24) is 20.1 Å². The number of imide groups is 1. The molecular formula is C25H25FN4O4. The summed E-state index contributed by atoms with van der Waals surface area (Å²) in [7, 11) is 1.60. The van der Waals surface area contributed by atoms with E-state index in [4.69, 9.17) is 4.74 Å². The van der Waals surface area contributed by atoms with E-state index in [1.807, 2.05) is 18.2 Å². The molecule has 8 nitrogen and oxygen atoms in total. The number of methoxy groups -OCH3 is 1. The second kappa shape index (κ2) is 7.86. The van der Waals surface area contributed by atoms with Gasteiger partial charge in [-0.2, -0.15) is 0 Å². The number of aromatic nitrogens is 1. The molecule has 2 aliphatic heterocycles. The van der Waals surface area contributed by atoms with E-state index in [9.17, 15) is 18.8 Å². The van der Waals surface area contributed by atoms with Crippen LogP contribution in [0.1, 0.15) is 30.7 Å². The van der Waals surface area contributed by atoms with E-state index in [2.05, 4.69) is 10.3 Å². The number of ether oxygens (including phenoxy) is 1. The van der Waals surface area contributed by atoms with Gasteiger partial charge in [-0.05, 0) is 61.7 Å². The van der Waals surface area contributed by atoms with E-state index in [-0.39, 0.29) is 12.4 Å². The average molecular weight is 464 g/mol. The maximum absolute atomic E-state index is 13.7. The molecule has 2 N–H and O–H groups in total. The molecule has 0 radical (unpaired) electrons. The molecule has 0 bridgehead atoms. The van der Waals surface area contributed by atoms with Crippen LogP contribution in [0.5, 0.6) is 5.75 Å². The molecule has 4 amide bonds. The van der Waals surface area contributed by atoms with E-state index < -0.39 is 29.4 Å². The zero-order chi connectivity index (χ0) is 24.2. The van der Waals surface area contributed by atoms with Gasteiger partial charge in [0.1, 0.15) is 17.6 Å². The first kappa shape index (κ1) is 21.9. The number of hydrogen-bond donors (Lipinski definition) is 2. The molecule has 1 aromatic heterocycles. The number of nitrogens with one attached hydrogen (secondary N) is 2. The molecule has 2 aliphatic rings. The summed E-state index contributed by atoms with van der Waals surface area (Å²) in [5.74, 6) is -0.558. The summed E-state index contributed by atoms with van der Waals surface area (Å²) in [6.45, 7) is 3.78. The Kier molecular flexibility index (Phi) is 5.07. The number of carbonyl (C=O) groups excluding carboxylic acids is 3. The molecule has 176 valence electrons. The number of halogens is 1. The minimum absolute atomic E-state index is 0.161. The molecule has 1 fully saturated rings. The third kappa shape index (κ3) is 3.14. The zero-order valence-corrected chi connectivity index (χ0v) is 19.1. The Balaban J connectivity index is 1.42. The molecule has 34 heavy (non-hydrogen) atoms. The van der Waals surface area contributed by atoms with Gasteiger partial charge in [-0.25, -0.2) is 14.1 Å². The number of H-pyrrole nitrogens is 1. The number of amides is 4. The van der Waals surface area contributed by atoms with E-state index in [0.717, 1.165) is 21.4 Å². The molecule has 0 unspecified atom stereocenters. The maximum atomic E-state index is 13.7. The van der Waals surface area contributed by atoms with Crippen molar-refractivity contribution >= 4 is 28.7 Å². The van der Waals surface area contributed by atoms with Gasteiger partial charge in [0.25, 0.3) is 5.91 Å². The number of carbonyl (C=O) groups is 3. The summed E-state index contributed by atoms with van der Waals surface area (Å²) in [6.07, 6.45) is 0.579. The fourth-order valence-electron chi connectivity index (χ4n) is 4.97. The minimum Gasteiger partial charge on any atom is -0.497 e. The Morgan fingerprint density at radius 1 is 1.24 bits per heavy atom. The van der Waals surface area contributed by atoms with Gasteiger partial charge >= 0.3 is 6.03 Å². The lowest BCUT2D eigenvalue weighted by Crippen LogP contribution is -2.49. The Hall–Kier alpha value is -3.88. The molecular weight excluding hydrogens is 439 g/mol. The van der Waals surface area contributed by atoms with Crippen LogP contribution in [0.15, 0.2) is 42.5 Å². The quantitative estimate of drug-likeness (QED) is 0.568. The van der Waals surface area contributed by atoms with Gasteiger partial charge in [0.15, 0.2) is 5.54 Å². The molecule has 3 aromatic rings. The number of rotatable bonds is 5. The highest BCUT2D eigenvalue weighted by Crippen LogP contribution is 2.45. The van der Waals surface area contributed by atoms with Crippen LogP contribution in [0.25, 0.3) is 10.9 Å². The van der Waals surface area contributed by atoms with Gasteiger partial charge in [-0.3, -0.25) is 9.59 Å². The standard InChI is InChI=1S/C25H25FN4O4/c1-14(22(31)27-13-15-4-6-16(26)7-5-15)30-23(32)25(2)21-18(10-11-29(25)24(30)33)19-12-17(34-3)8-9-20(19)28-21/h4-9,12,14,28H,10-11,13H2,1-3H3,(H,27,31)/t14-,25-/m0/s1. The molecule has 1 saturated heterocycles. The number of nitrogens with zero attached hydrogens (tertiary/aromatic N) is 2. The van der Waals surface area contributed by atoms with Gasteiger partial charge in [0, 0.05) is 24.0 Å². The van der Waals surface area contributed by atoms with E-state index in [1.54, 1.807) is 26.2 Å². The van der Waals surface area contributed by atoms with Gasteiger partial charge in [0.05, 0.1) is 12.8 Å². The van der Waals surface area contributed by atoms with Crippen molar-refractivity contribution in [1.29, 1.82) is 0 Å². The van der Waals surface area contributed by atoms with Gasteiger partial charge in [-0.15, -0.1) is 0 Å². The monoisotopic (exact) mass is 464 g/mol. The molecule has 0 spiro atoms. The topological polar surface area (TPSA) is 94.7 Å². The van der Waals surface area contributed by atoms with Crippen LogP contribution in [-0.2, 0) is 28.1 Å². The van der Waals surface area contributed by atoms with Crippen LogP contribution >= 0.6 is 0 Å². The van der Waals surface area contributed by atoms with Crippen LogP contribution in [0.2, 0.25) is 0 Å².